The maximum atomic E-state index is 6.26. The predicted octanol–water partition coefficient (Wildman–Crippen LogP) is 4.39. The summed E-state index contributed by atoms with van der Waals surface area (Å²) in [6, 6.07) is 10.2. The van der Waals surface area contributed by atoms with Crippen molar-refractivity contribution < 1.29 is 0 Å². The van der Waals surface area contributed by atoms with Crippen LogP contribution in [0.15, 0.2) is 49.3 Å². The van der Waals surface area contributed by atoms with Crippen LogP contribution in [0.2, 0.25) is 5.02 Å². The number of aromatic nitrogens is 2. The summed E-state index contributed by atoms with van der Waals surface area (Å²) >= 11 is 6.26. The molecule has 0 saturated carbocycles. The molecule has 0 radical (unpaired) electrons. The highest BCUT2D eigenvalue weighted by atomic mass is 35.5. The Balaban J connectivity index is 1.82. The molecule has 0 unspecified atom stereocenters. The predicted molar refractivity (Wildman–Crippen MR) is 100 cm³/mol. The number of halogens is 1. The van der Waals surface area contributed by atoms with Crippen LogP contribution in [0.3, 0.4) is 0 Å². The quantitative estimate of drug-likeness (QED) is 0.706. The lowest BCUT2D eigenvalue weighted by Gasteiger charge is -2.24. The van der Waals surface area contributed by atoms with Gasteiger partial charge < -0.3 is 9.47 Å². The van der Waals surface area contributed by atoms with Crippen LogP contribution in [0.1, 0.15) is 16.8 Å². The van der Waals surface area contributed by atoms with Crippen molar-refractivity contribution in [2.24, 2.45) is 0 Å². The standard InChI is InChI=1S/C20H20ClN3/c1-14(15-5-8-22-9-6-15)12-24-19-4-3-16(21)11-17(19)18-13-23(2)10-7-20(18)24/h3-6,8-9,11H,1,7,10,12-13H2,2H3. The zero-order chi connectivity index (χ0) is 16.7. The van der Waals surface area contributed by atoms with Crippen LogP contribution < -0.4 is 0 Å². The first-order valence-electron chi connectivity index (χ1n) is 8.19. The van der Waals surface area contributed by atoms with Gasteiger partial charge in [-0.15, -0.1) is 0 Å². The van der Waals surface area contributed by atoms with Crippen molar-refractivity contribution in [2.75, 3.05) is 13.6 Å². The minimum atomic E-state index is 0.793. The molecule has 0 N–H and O–H groups in total. The van der Waals surface area contributed by atoms with Crippen molar-refractivity contribution in [2.45, 2.75) is 19.5 Å². The summed E-state index contributed by atoms with van der Waals surface area (Å²) in [6.45, 7) is 7.15. The van der Waals surface area contributed by atoms with Crippen molar-refractivity contribution >= 4 is 28.1 Å². The molecule has 0 bridgehead atoms. The van der Waals surface area contributed by atoms with Crippen LogP contribution in [0, 0.1) is 0 Å². The van der Waals surface area contributed by atoms with Crippen molar-refractivity contribution in [1.29, 1.82) is 0 Å². The van der Waals surface area contributed by atoms with Crippen LogP contribution in [0.5, 0.6) is 0 Å². The number of hydrogen-bond acceptors (Lipinski definition) is 2. The number of likely N-dealkylation sites (N-methyl/N-ethyl adjacent to an activating group) is 1. The lowest BCUT2D eigenvalue weighted by Crippen LogP contribution is -2.27. The monoisotopic (exact) mass is 337 g/mol. The zero-order valence-electron chi connectivity index (χ0n) is 13.8. The largest absolute Gasteiger partial charge is 0.340 e. The Morgan fingerprint density at radius 3 is 2.83 bits per heavy atom. The van der Waals surface area contributed by atoms with Gasteiger partial charge in [-0.2, -0.15) is 0 Å². The van der Waals surface area contributed by atoms with Crippen molar-refractivity contribution in [3.63, 3.8) is 0 Å². The fourth-order valence-electron chi connectivity index (χ4n) is 3.61. The van der Waals surface area contributed by atoms with E-state index in [4.69, 9.17) is 11.6 Å². The summed E-state index contributed by atoms with van der Waals surface area (Å²) in [7, 11) is 2.17. The molecule has 1 aliphatic heterocycles. The first kappa shape index (κ1) is 15.4. The molecule has 1 aliphatic rings. The molecule has 3 aromatic rings. The smallest absolute Gasteiger partial charge is 0.0490 e. The van der Waals surface area contributed by atoms with Gasteiger partial charge in [0.1, 0.15) is 0 Å². The van der Waals surface area contributed by atoms with E-state index in [-0.39, 0.29) is 0 Å². The van der Waals surface area contributed by atoms with Gasteiger partial charge in [-0.3, -0.25) is 4.98 Å². The lowest BCUT2D eigenvalue weighted by atomic mass is 10.0. The van der Waals surface area contributed by atoms with E-state index in [1.807, 2.05) is 30.6 Å². The van der Waals surface area contributed by atoms with Crippen LogP contribution in [0.4, 0.5) is 0 Å². The third kappa shape index (κ3) is 2.64. The molecule has 0 fully saturated rings. The van der Waals surface area contributed by atoms with Crippen LogP contribution in [-0.4, -0.2) is 28.0 Å². The lowest BCUT2D eigenvalue weighted by molar-refractivity contribution is 0.310. The maximum Gasteiger partial charge on any atom is 0.0490 e. The minimum Gasteiger partial charge on any atom is -0.340 e. The van der Waals surface area contributed by atoms with Gasteiger partial charge in [-0.25, -0.2) is 0 Å². The number of nitrogens with zero attached hydrogens (tertiary/aromatic N) is 3. The Labute approximate surface area is 147 Å². The Hall–Kier alpha value is -2.10. The molecular formula is C20H20ClN3. The van der Waals surface area contributed by atoms with Gasteiger partial charge in [0.05, 0.1) is 0 Å². The van der Waals surface area contributed by atoms with Gasteiger partial charge in [0.15, 0.2) is 0 Å². The second-order valence-electron chi connectivity index (χ2n) is 6.50. The van der Waals surface area contributed by atoms with E-state index in [1.54, 1.807) is 0 Å². The number of allylic oxidation sites excluding steroid dienone is 1. The van der Waals surface area contributed by atoms with Gasteiger partial charge in [0, 0.05) is 60.1 Å². The number of pyridine rings is 1. The highest BCUT2D eigenvalue weighted by molar-refractivity contribution is 6.31. The van der Waals surface area contributed by atoms with Gasteiger partial charge in [-0.1, -0.05) is 18.2 Å². The van der Waals surface area contributed by atoms with E-state index in [0.717, 1.165) is 42.2 Å². The van der Waals surface area contributed by atoms with Gasteiger partial charge in [0.25, 0.3) is 0 Å². The summed E-state index contributed by atoms with van der Waals surface area (Å²) in [6.07, 6.45) is 4.69. The second kappa shape index (κ2) is 6.08. The minimum absolute atomic E-state index is 0.793. The first-order chi connectivity index (χ1) is 11.6. The maximum absolute atomic E-state index is 6.26. The molecule has 0 atom stereocenters. The molecular weight excluding hydrogens is 318 g/mol. The number of fused-ring (bicyclic) bond motifs is 3. The number of rotatable bonds is 3. The summed E-state index contributed by atoms with van der Waals surface area (Å²) in [5, 5.41) is 2.07. The highest BCUT2D eigenvalue weighted by Gasteiger charge is 2.22. The summed E-state index contributed by atoms with van der Waals surface area (Å²) in [5.74, 6) is 0. The first-order valence-corrected chi connectivity index (χ1v) is 8.57. The molecule has 0 amide bonds. The summed E-state index contributed by atoms with van der Waals surface area (Å²) in [5.41, 5.74) is 6.31. The highest BCUT2D eigenvalue weighted by Crippen LogP contribution is 2.33. The summed E-state index contributed by atoms with van der Waals surface area (Å²) in [4.78, 5) is 6.46. The third-order valence-corrected chi connectivity index (χ3v) is 5.08. The molecule has 122 valence electrons. The van der Waals surface area contributed by atoms with Gasteiger partial charge in [-0.05, 0) is 54.1 Å². The summed E-state index contributed by atoms with van der Waals surface area (Å²) < 4.78 is 2.41. The Morgan fingerprint density at radius 2 is 2.04 bits per heavy atom. The van der Waals surface area contributed by atoms with E-state index in [1.165, 1.54) is 22.2 Å². The molecule has 1 aromatic carbocycles. The Bertz CT molecular complexity index is 912. The topological polar surface area (TPSA) is 21.1 Å². The molecule has 2 aromatic heterocycles. The van der Waals surface area contributed by atoms with E-state index in [2.05, 4.69) is 40.2 Å². The van der Waals surface area contributed by atoms with E-state index >= 15 is 0 Å². The average Bonchev–Trinajstić information content (AvgIpc) is 2.88. The second-order valence-corrected chi connectivity index (χ2v) is 6.94. The third-order valence-electron chi connectivity index (χ3n) is 4.84. The Morgan fingerprint density at radius 1 is 1.25 bits per heavy atom. The van der Waals surface area contributed by atoms with Crippen LogP contribution in [0.25, 0.3) is 16.5 Å². The zero-order valence-corrected chi connectivity index (χ0v) is 14.6. The van der Waals surface area contributed by atoms with Crippen LogP contribution >= 0.6 is 11.6 Å². The molecule has 0 saturated heterocycles. The average molecular weight is 338 g/mol. The van der Waals surface area contributed by atoms with Crippen LogP contribution in [-0.2, 0) is 19.5 Å². The SMILES string of the molecule is C=C(Cn1c2c(c3cc(Cl)ccc31)CN(C)CC2)c1ccncc1. The number of hydrogen-bond donors (Lipinski definition) is 0. The van der Waals surface area contributed by atoms with E-state index in [0.29, 0.717) is 0 Å². The molecule has 3 heterocycles. The fourth-order valence-corrected chi connectivity index (χ4v) is 3.78. The molecule has 0 aliphatic carbocycles. The van der Waals surface area contributed by atoms with Crippen molar-refractivity contribution in [3.8, 4) is 0 Å². The molecule has 3 nitrogen and oxygen atoms in total. The van der Waals surface area contributed by atoms with E-state index in [9.17, 15) is 0 Å². The molecule has 4 rings (SSSR count). The fraction of sp³-hybridized carbons (Fsp3) is 0.250. The Kier molecular flexibility index (Phi) is 3.91. The van der Waals surface area contributed by atoms with Crippen molar-refractivity contribution in [3.05, 3.63) is 71.1 Å². The van der Waals surface area contributed by atoms with E-state index < -0.39 is 0 Å². The van der Waals surface area contributed by atoms with Gasteiger partial charge >= 0.3 is 0 Å². The van der Waals surface area contributed by atoms with Gasteiger partial charge in [0.2, 0.25) is 0 Å². The normalized spacial score (nSPS) is 14.8. The number of benzene rings is 1. The molecule has 0 spiro atoms. The van der Waals surface area contributed by atoms with Crippen molar-refractivity contribution in [1.82, 2.24) is 14.5 Å². The molecule has 24 heavy (non-hydrogen) atoms. The molecule has 4 heteroatoms.